The van der Waals surface area contributed by atoms with Crippen LogP contribution in [0, 0.1) is 0 Å². The smallest absolute Gasteiger partial charge is 0.329 e. The molecule has 0 bridgehead atoms. The molecule has 0 saturated carbocycles. The van der Waals surface area contributed by atoms with Crippen LogP contribution in [0.15, 0.2) is 12.4 Å². The van der Waals surface area contributed by atoms with Gasteiger partial charge in [-0.1, -0.05) is 0 Å². The van der Waals surface area contributed by atoms with Crippen LogP contribution in [0.3, 0.4) is 0 Å². The Labute approximate surface area is 112 Å². The largest absolute Gasteiger partial charge is 0.480 e. The summed E-state index contributed by atoms with van der Waals surface area (Å²) in [6, 6.07) is -0.323. The number of hydrogen-bond acceptors (Lipinski definition) is 3. The summed E-state index contributed by atoms with van der Waals surface area (Å²) >= 11 is 0. The summed E-state index contributed by atoms with van der Waals surface area (Å²) in [5.41, 5.74) is -0.378. The number of carbonyl (C=O) groups excluding carboxylic acids is 1. The summed E-state index contributed by atoms with van der Waals surface area (Å²) in [4.78, 5) is 26.3. The molecule has 106 valence electrons. The molecule has 0 aromatic carbocycles. The number of amides is 2. The fourth-order valence-electron chi connectivity index (χ4n) is 1.80. The summed E-state index contributed by atoms with van der Waals surface area (Å²) < 4.78 is 0. The highest BCUT2D eigenvalue weighted by Gasteiger charge is 2.38. The topological polar surface area (TPSA) is 89.5 Å². The zero-order chi connectivity index (χ0) is 14.6. The van der Waals surface area contributed by atoms with Crippen molar-refractivity contribution in [1.29, 1.82) is 0 Å². The van der Waals surface area contributed by atoms with Crippen LogP contribution in [0.25, 0.3) is 0 Å². The molecule has 0 radical (unpaired) electrons. The van der Waals surface area contributed by atoms with Gasteiger partial charge in [0.05, 0.1) is 12.7 Å². The lowest BCUT2D eigenvalue weighted by Gasteiger charge is -2.36. The molecule has 7 heteroatoms. The van der Waals surface area contributed by atoms with Gasteiger partial charge in [-0.3, -0.25) is 5.10 Å². The summed E-state index contributed by atoms with van der Waals surface area (Å²) in [6.45, 7) is 5.49. The highest BCUT2D eigenvalue weighted by Crippen LogP contribution is 2.17. The maximum Gasteiger partial charge on any atom is 0.329 e. The van der Waals surface area contributed by atoms with Crippen molar-refractivity contribution < 1.29 is 14.7 Å². The fourth-order valence-corrected chi connectivity index (χ4v) is 1.80. The lowest BCUT2D eigenvalue weighted by Crippen LogP contribution is -2.56. The Bertz CT molecular complexity index is 442. The number of H-pyrrole nitrogens is 1. The Morgan fingerprint density at radius 2 is 2.11 bits per heavy atom. The number of carboxylic acid groups (broad SMARTS) is 1. The molecule has 0 atom stereocenters. The van der Waals surface area contributed by atoms with Crippen molar-refractivity contribution in [1.82, 2.24) is 20.0 Å². The number of urea groups is 1. The van der Waals surface area contributed by atoms with E-state index in [1.807, 2.05) is 0 Å². The molecular weight excluding hydrogens is 248 g/mol. The van der Waals surface area contributed by atoms with Crippen LogP contribution >= 0.6 is 0 Å². The van der Waals surface area contributed by atoms with Gasteiger partial charge in [0, 0.05) is 25.4 Å². The summed E-state index contributed by atoms with van der Waals surface area (Å²) in [5, 5.41) is 15.7. The van der Waals surface area contributed by atoms with Gasteiger partial charge in [0.25, 0.3) is 0 Å². The molecule has 0 aliphatic heterocycles. The van der Waals surface area contributed by atoms with E-state index in [1.165, 1.54) is 23.6 Å². The monoisotopic (exact) mass is 268 g/mol. The summed E-state index contributed by atoms with van der Waals surface area (Å²) in [7, 11) is 1.63. The van der Waals surface area contributed by atoms with Gasteiger partial charge in [0.1, 0.15) is 5.54 Å². The minimum Gasteiger partial charge on any atom is -0.480 e. The van der Waals surface area contributed by atoms with E-state index in [2.05, 4.69) is 10.2 Å². The summed E-state index contributed by atoms with van der Waals surface area (Å²) in [5.74, 6) is -1.03. The molecule has 0 fully saturated rings. The zero-order valence-corrected chi connectivity index (χ0v) is 11.7. The first-order valence-corrected chi connectivity index (χ1v) is 6.04. The molecule has 7 nitrogen and oxygen atoms in total. The van der Waals surface area contributed by atoms with Crippen molar-refractivity contribution in [3.05, 3.63) is 18.0 Å². The third-order valence-corrected chi connectivity index (χ3v) is 3.05. The van der Waals surface area contributed by atoms with Crippen LogP contribution in [0.5, 0.6) is 0 Å². The molecule has 1 rings (SSSR count). The SMILES string of the molecule is CCN(C(=O)N(C)Cc1cn[nH]c1)C(C)(C)C(=O)O. The van der Waals surface area contributed by atoms with Crippen LogP contribution in [0.4, 0.5) is 4.79 Å². The van der Waals surface area contributed by atoms with Crippen molar-refractivity contribution in [3.8, 4) is 0 Å². The Hall–Kier alpha value is -2.05. The first-order chi connectivity index (χ1) is 8.80. The third-order valence-electron chi connectivity index (χ3n) is 3.05. The van der Waals surface area contributed by atoms with Gasteiger partial charge in [-0.2, -0.15) is 5.10 Å². The number of carboxylic acids is 1. The van der Waals surface area contributed by atoms with Crippen LogP contribution in [0.2, 0.25) is 0 Å². The van der Waals surface area contributed by atoms with E-state index in [-0.39, 0.29) is 6.03 Å². The van der Waals surface area contributed by atoms with Gasteiger partial charge in [-0.15, -0.1) is 0 Å². The first-order valence-electron chi connectivity index (χ1n) is 6.04. The van der Waals surface area contributed by atoms with Gasteiger partial charge < -0.3 is 14.9 Å². The molecule has 1 aromatic heterocycles. The van der Waals surface area contributed by atoms with Crippen molar-refractivity contribution in [2.24, 2.45) is 0 Å². The predicted octanol–water partition coefficient (Wildman–Crippen LogP) is 1.15. The molecule has 0 aliphatic carbocycles. The average Bonchev–Trinajstić information content (AvgIpc) is 2.81. The number of nitrogens with zero attached hydrogens (tertiary/aromatic N) is 3. The minimum absolute atomic E-state index is 0.323. The third kappa shape index (κ3) is 3.24. The normalized spacial score (nSPS) is 11.2. The van der Waals surface area contributed by atoms with Crippen molar-refractivity contribution >= 4 is 12.0 Å². The predicted molar refractivity (Wildman–Crippen MR) is 69.5 cm³/mol. The van der Waals surface area contributed by atoms with Gasteiger partial charge in [-0.05, 0) is 20.8 Å². The van der Waals surface area contributed by atoms with Gasteiger partial charge in [0.15, 0.2) is 0 Å². The number of hydrogen-bond donors (Lipinski definition) is 2. The highest BCUT2D eigenvalue weighted by atomic mass is 16.4. The number of carbonyl (C=O) groups is 2. The molecule has 0 spiro atoms. The maximum atomic E-state index is 12.3. The van der Waals surface area contributed by atoms with Gasteiger partial charge >= 0.3 is 12.0 Å². The van der Waals surface area contributed by atoms with Gasteiger partial charge in [-0.25, -0.2) is 9.59 Å². The van der Waals surface area contributed by atoms with E-state index in [0.717, 1.165) is 5.56 Å². The van der Waals surface area contributed by atoms with Crippen molar-refractivity contribution in [3.63, 3.8) is 0 Å². The second kappa shape index (κ2) is 5.73. The number of aromatic nitrogens is 2. The molecular formula is C12H20N4O3. The lowest BCUT2D eigenvalue weighted by atomic mass is 10.0. The molecule has 0 saturated heterocycles. The second-order valence-electron chi connectivity index (χ2n) is 4.85. The highest BCUT2D eigenvalue weighted by molar-refractivity contribution is 5.85. The van der Waals surface area contributed by atoms with Crippen molar-refractivity contribution in [2.45, 2.75) is 32.9 Å². The van der Waals surface area contributed by atoms with Crippen LogP contribution in [-0.4, -0.2) is 56.2 Å². The number of aliphatic carboxylic acids is 1. The molecule has 0 aliphatic rings. The first kappa shape index (κ1) is 15.0. The molecule has 2 amide bonds. The molecule has 2 N–H and O–H groups in total. The van der Waals surface area contributed by atoms with Crippen LogP contribution < -0.4 is 0 Å². The number of aromatic amines is 1. The Balaban J connectivity index is 2.81. The number of rotatable bonds is 5. The van der Waals surface area contributed by atoms with Crippen molar-refractivity contribution in [2.75, 3.05) is 13.6 Å². The van der Waals surface area contributed by atoms with Crippen LogP contribution in [0.1, 0.15) is 26.3 Å². The van der Waals surface area contributed by atoms with E-state index in [1.54, 1.807) is 26.4 Å². The Morgan fingerprint density at radius 3 is 2.53 bits per heavy atom. The minimum atomic E-state index is -1.24. The number of likely N-dealkylation sites (N-methyl/N-ethyl adjacent to an activating group) is 1. The number of nitrogens with one attached hydrogen (secondary N) is 1. The molecule has 1 aromatic rings. The van der Waals surface area contributed by atoms with E-state index >= 15 is 0 Å². The summed E-state index contributed by atoms with van der Waals surface area (Å²) in [6.07, 6.45) is 3.32. The molecule has 0 unspecified atom stereocenters. The van der Waals surface area contributed by atoms with Gasteiger partial charge in [0.2, 0.25) is 0 Å². The van der Waals surface area contributed by atoms with E-state index in [4.69, 9.17) is 0 Å². The quantitative estimate of drug-likeness (QED) is 0.838. The van der Waals surface area contributed by atoms with E-state index < -0.39 is 11.5 Å². The molecule has 1 heterocycles. The Kier molecular flexibility index (Phi) is 4.52. The molecule has 19 heavy (non-hydrogen) atoms. The zero-order valence-electron chi connectivity index (χ0n) is 11.7. The standard InChI is InChI=1S/C12H20N4O3/c1-5-16(12(2,3)10(17)18)11(19)15(4)8-9-6-13-14-7-9/h6-7H,5,8H2,1-4H3,(H,13,14)(H,17,18). The van der Waals surface area contributed by atoms with E-state index in [9.17, 15) is 14.7 Å². The maximum absolute atomic E-state index is 12.3. The second-order valence-corrected chi connectivity index (χ2v) is 4.85. The Morgan fingerprint density at radius 1 is 1.47 bits per heavy atom. The average molecular weight is 268 g/mol. The van der Waals surface area contributed by atoms with E-state index in [0.29, 0.717) is 13.1 Å². The lowest BCUT2D eigenvalue weighted by molar-refractivity contribution is -0.147. The van der Waals surface area contributed by atoms with Crippen LogP contribution in [-0.2, 0) is 11.3 Å². The fraction of sp³-hybridized carbons (Fsp3) is 0.583.